The number of pyridine rings is 1. The van der Waals surface area contributed by atoms with Gasteiger partial charge in [0.15, 0.2) is 0 Å². The van der Waals surface area contributed by atoms with Crippen molar-refractivity contribution in [3.8, 4) is 0 Å². The van der Waals surface area contributed by atoms with Gasteiger partial charge in [-0.1, -0.05) is 6.07 Å². The zero-order chi connectivity index (χ0) is 17.6. The van der Waals surface area contributed by atoms with Crippen LogP contribution in [0.25, 0.3) is 0 Å². The van der Waals surface area contributed by atoms with Crippen LogP contribution in [0.1, 0.15) is 42.0 Å². The largest absolute Gasteiger partial charge is 0.379 e. The van der Waals surface area contributed by atoms with Crippen molar-refractivity contribution in [2.45, 2.75) is 25.9 Å². The van der Waals surface area contributed by atoms with Gasteiger partial charge in [0, 0.05) is 38.1 Å². The van der Waals surface area contributed by atoms with Crippen LogP contribution in [-0.2, 0) is 4.74 Å². The zero-order valence-electron chi connectivity index (χ0n) is 14.8. The van der Waals surface area contributed by atoms with E-state index in [0.717, 1.165) is 18.8 Å². The highest BCUT2D eigenvalue weighted by Gasteiger charge is 2.24. The first-order chi connectivity index (χ1) is 12.1. The quantitative estimate of drug-likeness (QED) is 0.864. The van der Waals surface area contributed by atoms with Crippen molar-refractivity contribution in [1.29, 1.82) is 0 Å². The number of carbonyl (C=O) groups excluding carboxylic acids is 1. The Morgan fingerprint density at radius 1 is 1.32 bits per heavy atom. The Hall–Kier alpha value is -2.25. The number of amides is 1. The number of ether oxygens (including phenoxy) is 1. The third kappa shape index (κ3) is 4.43. The van der Waals surface area contributed by atoms with Gasteiger partial charge in [-0.25, -0.2) is 0 Å². The van der Waals surface area contributed by atoms with E-state index in [1.165, 1.54) is 0 Å². The summed E-state index contributed by atoms with van der Waals surface area (Å²) in [7, 11) is 0. The lowest BCUT2D eigenvalue weighted by Gasteiger charge is -2.34. The summed E-state index contributed by atoms with van der Waals surface area (Å²) in [6.45, 7) is 7.65. The molecule has 0 aromatic carbocycles. The van der Waals surface area contributed by atoms with Crippen molar-refractivity contribution in [2.75, 3.05) is 32.8 Å². The fraction of sp³-hybridized carbons (Fsp3) is 0.500. The number of hydrogen-bond donors (Lipinski definition) is 1. The molecule has 7 heteroatoms. The maximum absolute atomic E-state index is 12.5. The fourth-order valence-electron chi connectivity index (χ4n) is 2.91. The van der Waals surface area contributed by atoms with Crippen molar-refractivity contribution in [1.82, 2.24) is 25.0 Å². The molecule has 1 N–H and O–H groups in total. The first kappa shape index (κ1) is 17.6. The van der Waals surface area contributed by atoms with Gasteiger partial charge in [-0.3, -0.25) is 19.4 Å². The third-order valence-corrected chi connectivity index (χ3v) is 4.36. The first-order valence-corrected chi connectivity index (χ1v) is 8.70. The lowest BCUT2D eigenvalue weighted by Crippen LogP contribution is -2.44. The van der Waals surface area contributed by atoms with Crippen LogP contribution in [0, 0.1) is 0 Å². The van der Waals surface area contributed by atoms with E-state index in [-0.39, 0.29) is 18.0 Å². The minimum atomic E-state index is -0.110. The second-order valence-electron chi connectivity index (χ2n) is 6.43. The Bertz CT molecular complexity index is 680. The summed E-state index contributed by atoms with van der Waals surface area (Å²) in [4.78, 5) is 19.3. The molecule has 0 aliphatic carbocycles. The molecule has 1 saturated heterocycles. The summed E-state index contributed by atoms with van der Waals surface area (Å²) >= 11 is 0. The number of hydrogen-bond acceptors (Lipinski definition) is 5. The molecule has 0 spiro atoms. The molecule has 2 aromatic heterocycles. The predicted molar refractivity (Wildman–Crippen MR) is 94.3 cm³/mol. The van der Waals surface area contributed by atoms with Crippen LogP contribution in [-0.4, -0.2) is 58.4 Å². The van der Waals surface area contributed by atoms with Crippen LogP contribution >= 0.6 is 0 Å². The minimum absolute atomic E-state index is 0.0363. The molecule has 0 saturated carbocycles. The normalized spacial score (nSPS) is 16.8. The van der Waals surface area contributed by atoms with Gasteiger partial charge in [0.05, 0.1) is 36.7 Å². The van der Waals surface area contributed by atoms with Crippen LogP contribution in [0.3, 0.4) is 0 Å². The molecule has 1 amide bonds. The first-order valence-electron chi connectivity index (χ1n) is 8.70. The third-order valence-electron chi connectivity index (χ3n) is 4.36. The van der Waals surface area contributed by atoms with Gasteiger partial charge < -0.3 is 10.1 Å². The number of aromatic nitrogens is 3. The predicted octanol–water partition coefficient (Wildman–Crippen LogP) is 1.66. The van der Waals surface area contributed by atoms with Gasteiger partial charge in [0.2, 0.25) is 0 Å². The van der Waals surface area contributed by atoms with Gasteiger partial charge in [-0.05, 0) is 26.0 Å². The second kappa shape index (κ2) is 8.22. The topological polar surface area (TPSA) is 72.3 Å². The van der Waals surface area contributed by atoms with Gasteiger partial charge in [-0.15, -0.1) is 0 Å². The average Bonchev–Trinajstić information content (AvgIpc) is 3.14. The van der Waals surface area contributed by atoms with E-state index in [1.54, 1.807) is 23.3 Å². The standard InChI is InChI=1S/C18H25N5O2/c1-14(2)23-13-15(11-21-23)18(24)20-12-17(16-5-3-4-6-19-16)22-7-9-25-10-8-22/h3-6,11,13-14,17H,7-10,12H2,1-2H3,(H,20,24)/t17-/m1/s1. The van der Waals surface area contributed by atoms with Gasteiger partial charge in [0.25, 0.3) is 5.91 Å². The molecular formula is C18H25N5O2. The Kier molecular flexibility index (Phi) is 5.78. The molecule has 0 radical (unpaired) electrons. The van der Waals surface area contributed by atoms with Crippen molar-refractivity contribution in [2.24, 2.45) is 0 Å². The molecule has 7 nitrogen and oxygen atoms in total. The van der Waals surface area contributed by atoms with Gasteiger partial charge in [0.1, 0.15) is 0 Å². The SMILES string of the molecule is CC(C)n1cc(C(=O)NC[C@H](c2ccccn2)N2CCOCC2)cn1. The number of rotatable bonds is 6. The van der Waals surface area contributed by atoms with E-state index < -0.39 is 0 Å². The number of nitrogens with zero attached hydrogens (tertiary/aromatic N) is 4. The molecule has 1 atom stereocenters. The summed E-state index contributed by atoms with van der Waals surface area (Å²) in [6.07, 6.45) is 5.18. The van der Waals surface area contributed by atoms with E-state index in [1.807, 2.05) is 32.0 Å². The summed E-state index contributed by atoms with van der Waals surface area (Å²) < 4.78 is 7.23. The second-order valence-corrected chi connectivity index (χ2v) is 6.43. The molecule has 0 bridgehead atoms. The van der Waals surface area contributed by atoms with Gasteiger partial charge >= 0.3 is 0 Å². The van der Waals surface area contributed by atoms with E-state index in [9.17, 15) is 4.79 Å². The monoisotopic (exact) mass is 343 g/mol. The molecule has 0 unspecified atom stereocenters. The van der Waals surface area contributed by atoms with E-state index in [0.29, 0.717) is 25.3 Å². The molecule has 3 rings (SSSR count). The smallest absolute Gasteiger partial charge is 0.254 e. The average molecular weight is 343 g/mol. The maximum atomic E-state index is 12.5. The molecule has 2 aromatic rings. The lowest BCUT2D eigenvalue weighted by atomic mass is 10.1. The Balaban J connectivity index is 1.68. The Morgan fingerprint density at radius 2 is 2.12 bits per heavy atom. The van der Waals surface area contributed by atoms with Gasteiger partial charge in [-0.2, -0.15) is 5.10 Å². The molecular weight excluding hydrogens is 318 g/mol. The van der Waals surface area contributed by atoms with Crippen LogP contribution in [0.4, 0.5) is 0 Å². The molecule has 134 valence electrons. The van der Waals surface area contributed by atoms with Crippen molar-refractivity contribution < 1.29 is 9.53 Å². The molecule has 1 fully saturated rings. The number of nitrogens with one attached hydrogen (secondary N) is 1. The summed E-state index contributed by atoms with van der Waals surface area (Å²) in [5.74, 6) is -0.110. The highest BCUT2D eigenvalue weighted by atomic mass is 16.5. The van der Waals surface area contributed by atoms with E-state index in [4.69, 9.17) is 4.74 Å². The molecule has 1 aliphatic heterocycles. The van der Waals surface area contributed by atoms with E-state index >= 15 is 0 Å². The van der Waals surface area contributed by atoms with Crippen molar-refractivity contribution >= 4 is 5.91 Å². The minimum Gasteiger partial charge on any atom is -0.379 e. The summed E-state index contributed by atoms with van der Waals surface area (Å²) in [5, 5.41) is 7.26. The van der Waals surface area contributed by atoms with Crippen molar-refractivity contribution in [3.05, 3.63) is 48.0 Å². The Morgan fingerprint density at radius 3 is 2.76 bits per heavy atom. The lowest BCUT2D eigenvalue weighted by molar-refractivity contribution is 0.0154. The highest BCUT2D eigenvalue weighted by Crippen LogP contribution is 2.19. The number of morpholine rings is 1. The number of carbonyl (C=O) groups is 1. The molecule has 25 heavy (non-hydrogen) atoms. The highest BCUT2D eigenvalue weighted by molar-refractivity contribution is 5.93. The Labute approximate surface area is 148 Å². The van der Waals surface area contributed by atoms with Crippen LogP contribution < -0.4 is 5.32 Å². The van der Waals surface area contributed by atoms with Crippen LogP contribution in [0.2, 0.25) is 0 Å². The van der Waals surface area contributed by atoms with Crippen LogP contribution in [0.15, 0.2) is 36.8 Å². The summed E-state index contributed by atoms with van der Waals surface area (Å²) in [5.41, 5.74) is 1.54. The molecule has 3 heterocycles. The maximum Gasteiger partial charge on any atom is 0.254 e. The van der Waals surface area contributed by atoms with E-state index in [2.05, 4.69) is 20.3 Å². The summed E-state index contributed by atoms with van der Waals surface area (Å²) in [6, 6.07) is 6.15. The fourth-order valence-corrected chi connectivity index (χ4v) is 2.91. The zero-order valence-corrected chi connectivity index (χ0v) is 14.8. The molecule has 1 aliphatic rings. The van der Waals surface area contributed by atoms with Crippen LogP contribution in [0.5, 0.6) is 0 Å². The van der Waals surface area contributed by atoms with Crippen molar-refractivity contribution in [3.63, 3.8) is 0 Å².